The summed E-state index contributed by atoms with van der Waals surface area (Å²) in [5.74, 6) is -71.6. The molecule has 0 aliphatic heterocycles. The molecule has 1 heterocycles. The molecule has 8 rings (SSSR count). The average molecular weight is 1010 g/mol. The summed E-state index contributed by atoms with van der Waals surface area (Å²) in [7, 11) is 0. The van der Waals surface area contributed by atoms with Crippen molar-refractivity contribution in [1.82, 2.24) is 0 Å². The average Bonchev–Trinajstić information content (AvgIpc) is 3.35. The highest BCUT2D eigenvalue weighted by Gasteiger charge is 2.52. The van der Waals surface area contributed by atoms with Gasteiger partial charge in [0.15, 0.2) is 88.2 Å². The maximum absolute atomic E-state index is 15.4. The number of hydrogen-bond acceptors (Lipinski definition) is 0. The largest absolute Gasteiger partial charge is 0.207 e. The fraction of sp³-hybridized carbons (Fsp3) is 0.0426. The number of fused-ring (bicyclic) bond motifs is 1. The Labute approximate surface area is 378 Å². The van der Waals surface area contributed by atoms with Gasteiger partial charge in [-0.05, 0) is 23.1 Å². The third-order valence-corrected chi connectivity index (χ3v) is 11.3. The maximum Gasteiger partial charge on any atom is 0.200 e. The van der Waals surface area contributed by atoms with Crippen LogP contribution in [0.4, 0.5) is 92.2 Å². The van der Waals surface area contributed by atoms with E-state index in [1.54, 1.807) is 6.07 Å². The summed E-state index contributed by atoms with van der Waals surface area (Å²) in [5.41, 5.74) is -11.2. The van der Waals surface area contributed by atoms with Gasteiger partial charge in [0, 0.05) is 17.0 Å². The van der Waals surface area contributed by atoms with E-state index in [9.17, 15) is 57.1 Å². The minimum atomic E-state index is -7.22. The molecule has 0 amide bonds. The van der Waals surface area contributed by atoms with Gasteiger partial charge in [-0.25, -0.2) is 92.2 Å². The highest BCUT2D eigenvalue weighted by Crippen LogP contribution is 2.31. The predicted molar refractivity (Wildman–Crippen MR) is 208 cm³/mol. The first kappa shape index (κ1) is 50.4. The Morgan fingerprint density at radius 2 is 0.629 bits per heavy atom. The molecule has 70 heavy (non-hydrogen) atoms. The number of pyridine rings is 1. The van der Waals surface area contributed by atoms with Crippen molar-refractivity contribution in [3.05, 3.63) is 230 Å². The first-order valence-corrected chi connectivity index (χ1v) is 19.4. The van der Waals surface area contributed by atoms with Crippen molar-refractivity contribution in [3.8, 4) is 0 Å². The van der Waals surface area contributed by atoms with Crippen molar-refractivity contribution in [2.24, 2.45) is 0 Å². The van der Waals surface area contributed by atoms with Gasteiger partial charge >= 0.3 is 0 Å². The van der Waals surface area contributed by atoms with Crippen LogP contribution in [0.15, 0.2) is 91.1 Å². The van der Waals surface area contributed by atoms with Crippen molar-refractivity contribution < 1.29 is 96.8 Å². The van der Waals surface area contributed by atoms with Crippen LogP contribution in [0.3, 0.4) is 0 Å². The molecule has 1 nitrogen and oxygen atoms in total. The fourth-order valence-corrected chi connectivity index (χ4v) is 8.14. The summed E-state index contributed by atoms with van der Waals surface area (Å²) < 4.78 is 310. The third kappa shape index (κ3) is 8.03. The molecule has 0 bridgehead atoms. The quantitative estimate of drug-likeness (QED) is 0.0470. The van der Waals surface area contributed by atoms with Gasteiger partial charge in [0.2, 0.25) is 0 Å². The van der Waals surface area contributed by atoms with E-state index in [1.807, 2.05) is 42.5 Å². The van der Waals surface area contributed by atoms with E-state index < -0.39 is 144 Å². The standard InChI is InChI=1S/C24BF20.C23H19FN/c26-5-1(6(27)14(35)21(42)13(5)34)25(2-7(28)15(36)22(43)16(37)8(2)29,3-9(30)17(38)23(44)18(39)10(3)31)4-11(32)19(40)24(45)20(41)12(4)33;24-22-13-7-5-11-20(22)16-23-21-12-6-4-10-19(21)14-15-25(23)17-18-8-2-1-3-9-18/h;1-15H,16-17H2/q-1;+1. The van der Waals surface area contributed by atoms with Crippen LogP contribution in [0.2, 0.25) is 0 Å². The molecule has 0 aliphatic rings. The molecule has 0 N–H and O–H groups in total. The highest BCUT2D eigenvalue weighted by atomic mass is 19.2. The zero-order chi connectivity index (χ0) is 51.4. The minimum absolute atomic E-state index is 0.151. The molecule has 362 valence electrons. The molecule has 0 radical (unpaired) electrons. The molecule has 0 atom stereocenters. The van der Waals surface area contributed by atoms with Gasteiger partial charge in [0.25, 0.3) is 0 Å². The number of nitrogens with zero attached hydrogens (tertiary/aromatic N) is 1. The molecule has 23 heteroatoms. The Morgan fingerprint density at radius 1 is 0.314 bits per heavy atom. The van der Waals surface area contributed by atoms with Crippen LogP contribution in [-0.2, 0) is 13.0 Å². The summed E-state index contributed by atoms with van der Waals surface area (Å²) in [6.45, 7) is 0.773. The van der Waals surface area contributed by atoms with Crippen molar-refractivity contribution in [2.45, 2.75) is 13.0 Å². The number of hydrogen-bond donors (Lipinski definition) is 0. The number of halogens is 21. The summed E-state index contributed by atoms with van der Waals surface area (Å²) in [6, 6.07) is 27.8. The Balaban J connectivity index is 0.000000242. The second-order valence-electron chi connectivity index (χ2n) is 15.0. The lowest BCUT2D eigenvalue weighted by Gasteiger charge is -2.44. The number of rotatable bonds is 8. The number of benzene rings is 7. The number of aromatic nitrogens is 1. The zero-order valence-corrected chi connectivity index (χ0v) is 34.0. The lowest BCUT2D eigenvalue weighted by Crippen LogP contribution is -2.81. The Hall–Kier alpha value is -7.46. The molecular formula is C47H19BF21N. The molecule has 0 saturated heterocycles. The van der Waals surface area contributed by atoms with E-state index >= 15 is 35.1 Å². The van der Waals surface area contributed by atoms with Gasteiger partial charge in [-0.2, -0.15) is 4.57 Å². The SMILES string of the molecule is Fc1c(F)c(F)c([B-](c2c(F)c(F)c(F)c(F)c2F)(c2c(F)c(F)c(F)c(F)c2F)c2c(F)c(F)c(F)c(F)c2F)c(F)c1F.Fc1ccccc1Cc1c2ccccc2cc[n+]1Cc1ccccc1. The molecule has 0 unspecified atom stereocenters. The van der Waals surface area contributed by atoms with Crippen molar-refractivity contribution in [1.29, 1.82) is 0 Å². The molecule has 0 saturated carbocycles. The van der Waals surface area contributed by atoms with Gasteiger partial charge in [-0.1, -0.05) is 66.7 Å². The lowest BCUT2D eigenvalue weighted by atomic mass is 9.12. The van der Waals surface area contributed by atoms with Gasteiger partial charge in [-0.3, -0.25) is 0 Å². The fourth-order valence-electron chi connectivity index (χ4n) is 8.14. The third-order valence-electron chi connectivity index (χ3n) is 11.3. The van der Waals surface area contributed by atoms with Gasteiger partial charge in [-0.15, -0.1) is 21.9 Å². The topological polar surface area (TPSA) is 3.88 Å². The Bertz CT molecular complexity index is 3020. The second kappa shape index (κ2) is 19.1. The van der Waals surface area contributed by atoms with E-state index in [-0.39, 0.29) is 5.82 Å². The van der Waals surface area contributed by atoms with E-state index in [0.29, 0.717) is 6.42 Å². The van der Waals surface area contributed by atoms with Gasteiger partial charge in [0.05, 0.1) is 6.42 Å². The van der Waals surface area contributed by atoms with Crippen LogP contribution in [0, 0.1) is 122 Å². The Kier molecular flexibility index (Phi) is 13.8. The lowest BCUT2D eigenvalue weighted by molar-refractivity contribution is -0.693. The van der Waals surface area contributed by atoms with Crippen LogP contribution in [-0.4, -0.2) is 6.15 Å². The summed E-state index contributed by atoms with van der Waals surface area (Å²) >= 11 is 0. The van der Waals surface area contributed by atoms with E-state index in [4.69, 9.17) is 0 Å². The van der Waals surface area contributed by atoms with Crippen molar-refractivity contribution in [3.63, 3.8) is 0 Å². The Morgan fingerprint density at radius 3 is 1.00 bits per heavy atom. The van der Waals surface area contributed by atoms with E-state index in [2.05, 4.69) is 41.1 Å². The van der Waals surface area contributed by atoms with Crippen LogP contribution in [0.5, 0.6) is 0 Å². The highest BCUT2D eigenvalue weighted by molar-refractivity contribution is 7.20. The zero-order valence-electron chi connectivity index (χ0n) is 34.0. The molecule has 0 spiro atoms. The first-order valence-electron chi connectivity index (χ1n) is 19.4. The van der Waals surface area contributed by atoms with Crippen molar-refractivity contribution in [2.75, 3.05) is 0 Å². The first-order chi connectivity index (χ1) is 33.0. The molecule has 7 aromatic carbocycles. The summed E-state index contributed by atoms with van der Waals surface area (Å²) in [4.78, 5) is 0. The molecule has 1 aromatic heterocycles. The van der Waals surface area contributed by atoms with Crippen LogP contribution in [0.1, 0.15) is 16.8 Å². The van der Waals surface area contributed by atoms with Crippen LogP contribution in [0.25, 0.3) is 10.8 Å². The van der Waals surface area contributed by atoms with Crippen LogP contribution >= 0.6 is 0 Å². The summed E-state index contributed by atoms with van der Waals surface area (Å²) in [5, 5.41) is 2.35. The monoisotopic (exact) mass is 1010 g/mol. The molecular weight excluding hydrogens is 988 g/mol. The van der Waals surface area contributed by atoms with Crippen molar-refractivity contribution >= 4 is 38.8 Å². The minimum Gasteiger partial charge on any atom is -0.207 e. The normalized spacial score (nSPS) is 11.6. The second-order valence-corrected chi connectivity index (χ2v) is 15.0. The predicted octanol–water partition coefficient (Wildman–Crippen LogP) is 10.8. The van der Waals surface area contributed by atoms with Crippen LogP contribution < -0.4 is 26.4 Å². The van der Waals surface area contributed by atoms with E-state index in [0.717, 1.165) is 17.8 Å². The molecule has 0 aliphatic carbocycles. The van der Waals surface area contributed by atoms with Gasteiger partial charge < -0.3 is 0 Å². The van der Waals surface area contributed by atoms with Gasteiger partial charge in [0.1, 0.15) is 58.5 Å². The molecule has 0 fully saturated rings. The molecule has 8 aromatic rings. The smallest absolute Gasteiger partial charge is 0.200 e. The van der Waals surface area contributed by atoms with E-state index in [1.165, 1.54) is 22.4 Å². The maximum atomic E-state index is 15.4. The summed E-state index contributed by atoms with van der Waals surface area (Å²) in [6.07, 6.45) is -4.54.